The van der Waals surface area contributed by atoms with Gasteiger partial charge in [-0.15, -0.1) is 11.8 Å². The molecule has 3 aromatic carbocycles. The number of aliphatic hydroxyl groups excluding tert-OH is 1. The lowest BCUT2D eigenvalue weighted by molar-refractivity contribution is -0.136. The predicted molar refractivity (Wildman–Crippen MR) is 132 cm³/mol. The lowest BCUT2D eigenvalue weighted by Crippen LogP contribution is -2.09. The van der Waals surface area contributed by atoms with Crippen molar-refractivity contribution in [3.05, 3.63) is 84.1 Å². The number of rotatable bonds is 8. The Bertz CT molecular complexity index is 1390. The second-order valence-electron chi connectivity index (χ2n) is 7.77. The molecule has 0 aliphatic carbocycles. The number of esters is 1. The number of carbonyl (C=O) groups is 1. The summed E-state index contributed by atoms with van der Waals surface area (Å²) < 4.78 is 51.8. The smallest absolute Gasteiger partial charge is 0.418 e. The first kappa shape index (κ1) is 25.5. The van der Waals surface area contributed by atoms with Gasteiger partial charge in [0, 0.05) is 34.4 Å². The Morgan fingerprint density at radius 1 is 1.03 bits per heavy atom. The third-order valence-electron chi connectivity index (χ3n) is 5.34. The molecule has 5 nitrogen and oxygen atoms in total. The van der Waals surface area contributed by atoms with Gasteiger partial charge in [-0.2, -0.15) is 13.2 Å². The molecule has 1 aromatic heterocycles. The van der Waals surface area contributed by atoms with E-state index in [1.807, 2.05) is 18.2 Å². The van der Waals surface area contributed by atoms with Crippen LogP contribution in [0.5, 0.6) is 11.5 Å². The molecule has 9 heteroatoms. The van der Waals surface area contributed by atoms with Gasteiger partial charge in [0.2, 0.25) is 0 Å². The highest BCUT2D eigenvalue weighted by molar-refractivity contribution is 7.99. The second kappa shape index (κ2) is 11.0. The van der Waals surface area contributed by atoms with Crippen molar-refractivity contribution < 1.29 is 32.5 Å². The molecule has 1 N–H and O–H groups in total. The number of aromatic nitrogens is 1. The summed E-state index contributed by atoms with van der Waals surface area (Å²) in [6, 6.07) is 18.0. The molecule has 36 heavy (non-hydrogen) atoms. The maximum Gasteiger partial charge on any atom is 0.418 e. The summed E-state index contributed by atoms with van der Waals surface area (Å²) in [5.74, 6) is 1.07. The van der Waals surface area contributed by atoms with Crippen LogP contribution in [0.4, 0.5) is 13.2 Å². The molecule has 186 valence electrons. The number of ether oxygens (including phenoxy) is 2. The van der Waals surface area contributed by atoms with Crippen LogP contribution in [-0.2, 0) is 10.9 Å². The summed E-state index contributed by atoms with van der Waals surface area (Å²) >= 11 is 1.59. The van der Waals surface area contributed by atoms with E-state index >= 15 is 0 Å². The number of pyridine rings is 1. The SMILES string of the molecule is COC(=O)c1cnc2c(C(F)(F)F)cccc2c1-c1cccc(Oc2cccc(SCCCO)c2)c1. The van der Waals surface area contributed by atoms with Gasteiger partial charge < -0.3 is 14.6 Å². The fourth-order valence-electron chi connectivity index (χ4n) is 3.76. The van der Waals surface area contributed by atoms with Gasteiger partial charge in [0.25, 0.3) is 0 Å². The maximum absolute atomic E-state index is 13.6. The van der Waals surface area contributed by atoms with E-state index in [0.717, 1.165) is 22.9 Å². The fraction of sp³-hybridized carbons (Fsp3) is 0.185. The van der Waals surface area contributed by atoms with Crippen molar-refractivity contribution in [1.29, 1.82) is 0 Å². The van der Waals surface area contributed by atoms with Crippen LogP contribution >= 0.6 is 11.8 Å². The van der Waals surface area contributed by atoms with Crippen LogP contribution in [0.2, 0.25) is 0 Å². The van der Waals surface area contributed by atoms with Crippen molar-refractivity contribution in [2.24, 2.45) is 0 Å². The standard InChI is InChI=1S/C27H22F3NO4S/c1-34-26(33)22-16-31-25-21(10-4-11-23(25)27(28,29)30)24(22)17-6-2-7-18(14-17)35-19-8-3-9-20(15-19)36-13-5-12-32/h2-4,6-11,14-16,32H,5,12-13H2,1H3. The lowest BCUT2D eigenvalue weighted by atomic mass is 9.94. The van der Waals surface area contributed by atoms with Crippen LogP contribution in [0, 0.1) is 0 Å². The van der Waals surface area contributed by atoms with Crippen molar-refractivity contribution in [3.8, 4) is 22.6 Å². The highest BCUT2D eigenvalue weighted by Crippen LogP contribution is 2.39. The normalized spacial score (nSPS) is 11.5. The van der Waals surface area contributed by atoms with Crippen molar-refractivity contribution in [2.75, 3.05) is 19.5 Å². The number of benzene rings is 3. The highest BCUT2D eigenvalue weighted by atomic mass is 32.2. The molecule has 4 rings (SSSR count). The number of carbonyl (C=O) groups excluding carboxylic acids is 1. The Labute approximate surface area is 209 Å². The lowest BCUT2D eigenvalue weighted by Gasteiger charge is -2.16. The van der Waals surface area contributed by atoms with E-state index < -0.39 is 17.7 Å². The Hall–Kier alpha value is -3.56. The van der Waals surface area contributed by atoms with Gasteiger partial charge in [-0.25, -0.2) is 4.79 Å². The molecule has 0 radical (unpaired) electrons. The largest absolute Gasteiger partial charge is 0.465 e. The quantitative estimate of drug-likeness (QED) is 0.156. The minimum absolute atomic E-state index is 0.0451. The number of nitrogens with zero attached hydrogens (tertiary/aromatic N) is 1. The zero-order chi connectivity index (χ0) is 25.7. The second-order valence-corrected chi connectivity index (χ2v) is 8.94. The molecule has 0 unspecified atom stereocenters. The number of fused-ring (bicyclic) bond motifs is 1. The van der Waals surface area contributed by atoms with E-state index in [1.165, 1.54) is 19.2 Å². The molecule has 0 amide bonds. The average molecular weight is 514 g/mol. The molecule has 0 spiro atoms. The summed E-state index contributed by atoms with van der Waals surface area (Å²) in [6.45, 7) is 0.123. The molecular weight excluding hydrogens is 491 g/mol. The number of aliphatic hydroxyl groups is 1. The van der Waals surface area contributed by atoms with Crippen LogP contribution in [0.1, 0.15) is 22.3 Å². The van der Waals surface area contributed by atoms with Crippen molar-refractivity contribution in [2.45, 2.75) is 17.5 Å². The molecule has 0 atom stereocenters. The van der Waals surface area contributed by atoms with E-state index in [2.05, 4.69) is 4.98 Å². The summed E-state index contributed by atoms with van der Waals surface area (Å²) in [7, 11) is 1.20. The molecule has 0 fully saturated rings. The Morgan fingerprint density at radius 3 is 2.47 bits per heavy atom. The summed E-state index contributed by atoms with van der Waals surface area (Å²) in [4.78, 5) is 17.5. The van der Waals surface area contributed by atoms with Crippen LogP contribution in [0.3, 0.4) is 0 Å². The molecule has 1 heterocycles. The first-order valence-electron chi connectivity index (χ1n) is 11.0. The first-order valence-corrected chi connectivity index (χ1v) is 12.0. The third-order valence-corrected chi connectivity index (χ3v) is 6.42. The number of hydrogen-bond donors (Lipinski definition) is 1. The zero-order valence-corrected chi connectivity index (χ0v) is 20.0. The van der Waals surface area contributed by atoms with E-state index in [4.69, 9.17) is 14.6 Å². The Morgan fingerprint density at radius 2 is 1.75 bits per heavy atom. The van der Waals surface area contributed by atoms with Gasteiger partial charge in [0.05, 0.1) is 23.8 Å². The Balaban J connectivity index is 1.77. The minimum atomic E-state index is -4.61. The van der Waals surface area contributed by atoms with Crippen LogP contribution in [-0.4, -0.2) is 35.5 Å². The number of hydrogen-bond acceptors (Lipinski definition) is 6. The maximum atomic E-state index is 13.6. The average Bonchev–Trinajstić information content (AvgIpc) is 2.87. The monoisotopic (exact) mass is 513 g/mol. The van der Waals surface area contributed by atoms with Crippen LogP contribution in [0.15, 0.2) is 77.8 Å². The van der Waals surface area contributed by atoms with Gasteiger partial charge in [0.1, 0.15) is 11.5 Å². The summed E-state index contributed by atoms with van der Waals surface area (Å²) in [6.07, 6.45) is -2.82. The Kier molecular flexibility index (Phi) is 7.81. The molecule has 4 aromatic rings. The number of halogens is 3. The van der Waals surface area contributed by atoms with Gasteiger partial charge >= 0.3 is 12.1 Å². The molecule has 0 aliphatic heterocycles. The third kappa shape index (κ3) is 5.63. The van der Waals surface area contributed by atoms with Crippen LogP contribution in [0.25, 0.3) is 22.0 Å². The van der Waals surface area contributed by atoms with Gasteiger partial charge in [0.15, 0.2) is 0 Å². The molecule has 0 saturated carbocycles. The van der Waals surface area contributed by atoms with Gasteiger partial charge in [-0.3, -0.25) is 4.98 Å². The predicted octanol–water partition coefficient (Wildman–Crippen LogP) is 6.97. The van der Waals surface area contributed by atoms with Crippen molar-refractivity contribution >= 4 is 28.6 Å². The van der Waals surface area contributed by atoms with E-state index in [0.29, 0.717) is 23.5 Å². The number of thioether (sulfide) groups is 1. The molecular formula is C27H22F3NO4S. The molecule has 0 bridgehead atoms. The molecule has 0 saturated heterocycles. The van der Waals surface area contributed by atoms with Crippen molar-refractivity contribution in [1.82, 2.24) is 4.98 Å². The summed E-state index contributed by atoms with van der Waals surface area (Å²) in [5.41, 5.74) is -0.347. The zero-order valence-electron chi connectivity index (χ0n) is 19.2. The number of para-hydroxylation sites is 1. The van der Waals surface area contributed by atoms with E-state index in [-0.39, 0.29) is 28.6 Å². The van der Waals surface area contributed by atoms with Gasteiger partial charge in [-0.1, -0.05) is 30.3 Å². The molecule has 0 aliphatic rings. The van der Waals surface area contributed by atoms with Crippen LogP contribution < -0.4 is 4.74 Å². The van der Waals surface area contributed by atoms with Crippen molar-refractivity contribution in [3.63, 3.8) is 0 Å². The first-order chi connectivity index (χ1) is 17.3. The van der Waals surface area contributed by atoms with E-state index in [9.17, 15) is 18.0 Å². The number of alkyl halides is 3. The van der Waals surface area contributed by atoms with Gasteiger partial charge in [-0.05, 0) is 48.4 Å². The fourth-order valence-corrected chi connectivity index (χ4v) is 4.64. The van der Waals surface area contributed by atoms with E-state index in [1.54, 1.807) is 42.1 Å². The highest BCUT2D eigenvalue weighted by Gasteiger charge is 2.34. The minimum Gasteiger partial charge on any atom is -0.465 e. The topological polar surface area (TPSA) is 68.7 Å². The summed E-state index contributed by atoms with van der Waals surface area (Å²) in [5, 5.41) is 9.15. The number of methoxy groups -OCH3 is 1.